The van der Waals surface area contributed by atoms with Gasteiger partial charge in [-0.3, -0.25) is 4.79 Å². The van der Waals surface area contributed by atoms with E-state index in [1.165, 1.54) is 17.0 Å². The molecule has 0 radical (unpaired) electrons. The Morgan fingerprint density at radius 3 is 2.22 bits per heavy atom. The third-order valence-corrected chi connectivity index (χ3v) is 3.15. The van der Waals surface area contributed by atoms with Crippen molar-refractivity contribution in [1.29, 1.82) is 0 Å². The number of hydrogen-bond acceptors (Lipinski definition) is 4. The van der Waals surface area contributed by atoms with Crippen molar-refractivity contribution in [2.45, 2.75) is 0 Å². The lowest BCUT2D eigenvalue weighted by Gasteiger charge is -2.21. The predicted octanol–water partition coefficient (Wildman–Crippen LogP) is 1.00. The zero-order valence-corrected chi connectivity index (χ0v) is 11.1. The zero-order valence-electron chi connectivity index (χ0n) is 9.57. The van der Waals surface area contributed by atoms with Crippen LogP contribution in [0.5, 0.6) is 0 Å². The second kappa shape index (κ2) is 6.80. The normalized spacial score (nSPS) is 10.4. The number of halogens is 2. The summed E-state index contributed by atoms with van der Waals surface area (Å²) in [6, 6.07) is 2.82. The van der Waals surface area contributed by atoms with Crippen LogP contribution in [0.15, 0.2) is 12.1 Å². The van der Waals surface area contributed by atoms with Crippen LogP contribution >= 0.6 is 23.2 Å². The van der Waals surface area contributed by atoms with Crippen LogP contribution in [0.1, 0.15) is 10.4 Å². The number of carbonyl (C=O) groups is 1. The Bertz CT molecular complexity index is 411. The fraction of sp³-hybridized carbons (Fsp3) is 0.364. The molecule has 0 aliphatic carbocycles. The molecule has 0 heterocycles. The smallest absolute Gasteiger partial charge is 0.254 e. The van der Waals surface area contributed by atoms with Crippen molar-refractivity contribution in [2.75, 3.05) is 32.0 Å². The molecule has 18 heavy (non-hydrogen) atoms. The summed E-state index contributed by atoms with van der Waals surface area (Å²) in [5.41, 5.74) is 6.10. The van der Waals surface area contributed by atoms with Crippen LogP contribution < -0.4 is 5.73 Å². The lowest BCUT2D eigenvalue weighted by Crippen LogP contribution is -2.35. The summed E-state index contributed by atoms with van der Waals surface area (Å²) in [6.45, 7) is -0.135. The molecule has 0 unspecified atom stereocenters. The van der Waals surface area contributed by atoms with Gasteiger partial charge in [0.1, 0.15) is 0 Å². The number of nitrogens with two attached hydrogens (primary N) is 1. The van der Waals surface area contributed by atoms with Crippen LogP contribution in [0.2, 0.25) is 10.0 Å². The van der Waals surface area contributed by atoms with Gasteiger partial charge in [-0.05, 0) is 12.1 Å². The Morgan fingerprint density at radius 1 is 1.22 bits per heavy atom. The molecule has 0 aliphatic heterocycles. The van der Waals surface area contributed by atoms with Crippen molar-refractivity contribution in [1.82, 2.24) is 4.90 Å². The number of anilines is 1. The Balaban J connectivity index is 3.01. The Kier molecular flexibility index (Phi) is 5.68. The van der Waals surface area contributed by atoms with Crippen molar-refractivity contribution in [3.05, 3.63) is 27.7 Å². The number of rotatable bonds is 5. The van der Waals surface area contributed by atoms with Gasteiger partial charge in [0, 0.05) is 18.7 Å². The number of hydrogen-bond donors (Lipinski definition) is 3. The molecule has 0 atom stereocenters. The van der Waals surface area contributed by atoms with Gasteiger partial charge in [-0.25, -0.2) is 0 Å². The molecule has 0 spiro atoms. The lowest BCUT2D eigenvalue weighted by atomic mass is 10.1. The first-order valence-corrected chi connectivity index (χ1v) is 6.02. The molecule has 0 fully saturated rings. The molecule has 4 N–H and O–H groups in total. The van der Waals surface area contributed by atoms with E-state index in [9.17, 15) is 4.79 Å². The van der Waals surface area contributed by atoms with Crippen LogP contribution in [-0.4, -0.2) is 47.3 Å². The molecular formula is C11H14Cl2N2O3. The van der Waals surface area contributed by atoms with Gasteiger partial charge in [-0.2, -0.15) is 0 Å². The molecular weight excluding hydrogens is 279 g/mol. The van der Waals surface area contributed by atoms with E-state index in [-0.39, 0.29) is 53.5 Å². The summed E-state index contributed by atoms with van der Waals surface area (Å²) in [4.78, 5) is 13.4. The maximum absolute atomic E-state index is 12.1. The maximum atomic E-state index is 12.1. The monoisotopic (exact) mass is 292 g/mol. The molecule has 0 aliphatic rings. The summed E-state index contributed by atoms with van der Waals surface area (Å²) < 4.78 is 0. The van der Waals surface area contributed by atoms with Gasteiger partial charge in [0.15, 0.2) is 0 Å². The van der Waals surface area contributed by atoms with Gasteiger partial charge in [0.05, 0.1) is 28.9 Å². The van der Waals surface area contributed by atoms with E-state index in [1.807, 2.05) is 0 Å². The quantitative estimate of drug-likeness (QED) is 0.707. The highest BCUT2D eigenvalue weighted by molar-refractivity contribution is 6.43. The first kappa shape index (κ1) is 15.0. The minimum atomic E-state index is -0.372. The van der Waals surface area contributed by atoms with Crippen LogP contribution in [0, 0.1) is 0 Å². The van der Waals surface area contributed by atoms with Crippen LogP contribution in [0.25, 0.3) is 0 Å². The molecule has 7 heteroatoms. The predicted molar refractivity (Wildman–Crippen MR) is 70.9 cm³/mol. The van der Waals surface area contributed by atoms with Crippen LogP contribution in [0.3, 0.4) is 0 Å². The maximum Gasteiger partial charge on any atom is 0.254 e. The minimum Gasteiger partial charge on any atom is -0.397 e. The van der Waals surface area contributed by atoms with E-state index in [0.717, 1.165) is 0 Å². The van der Waals surface area contributed by atoms with Crippen molar-refractivity contribution in [3.63, 3.8) is 0 Å². The molecule has 100 valence electrons. The molecule has 0 bridgehead atoms. The van der Waals surface area contributed by atoms with E-state index in [2.05, 4.69) is 0 Å². The number of aliphatic hydroxyl groups excluding tert-OH is 2. The number of amides is 1. The topological polar surface area (TPSA) is 86.8 Å². The molecule has 1 aromatic carbocycles. The van der Waals surface area contributed by atoms with Gasteiger partial charge in [-0.1, -0.05) is 23.2 Å². The SMILES string of the molecule is Nc1cc(C(=O)N(CCO)CCO)cc(Cl)c1Cl. The summed E-state index contributed by atoms with van der Waals surface area (Å²) in [5, 5.41) is 18.1. The van der Waals surface area contributed by atoms with E-state index >= 15 is 0 Å². The van der Waals surface area contributed by atoms with E-state index in [1.54, 1.807) is 0 Å². The van der Waals surface area contributed by atoms with Gasteiger partial charge in [-0.15, -0.1) is 0 Å². The summed E-state index contributed by atoms with van der Waals surface area (Å²) in [6.07, 6.45) is 0. The first-order chi connectivity index (χ1) is 8.51. The summed E-state index contributed by atoms with van der Waals surface area (Å²) in [5.74, 6) is -0.372. The third-order valence-electron chi connectivity index (χ3n) is 2.33. The van der Waals surface area contributed by atoms with Crippen molar-refractivity contribution in [3.8, 4) is 0 Å². The molecule has 1 rings (SSSR count). The molecule has 5 nitrogen and oxygen atoms in total. The average Bonchev–Trinajstić information content (AvgIpc) is 2.34. The highest BCUT2D eigenvalue weighted by Crippen LogP contribution is 2.29. The minimum absolute atomic E-state index is 0.125. The third kappa shape index (κ3) is 3.49. The van der Waals surface area contributed by atoms with Gasteiger partial charge < -0.3 is 20.8 Å². The highest BCUT2D eigenvalue weighted by Gasteiger charge is 2.17. The van der Waals surface area contributed by atoms with E-state index < -0.39 is 0 Å². The van der Waals surface area contributed by atoms with E-state index in [0.29, 0.717) is 0 Å². The zero-order chi connectivity index (χ0) is 13.7. The second-order valence-corrected chi connectivity index (χ2v) is 4.39. The Hall–Kier alpha value is -1.01. The number of aliphatic hydroxyl groups is 2. The fourth-order valence-corrected chi connectivity index (χ4v) is 1.81. The molecule has 0 aromatic heterocycles. The Labute approximate surface area is 115 Å². The van der Waals surface area contributed by atoms with Crippen LogP contribution in [0.4, 0.5) is 5.69 Å². The van der Waals surface area contributed by atoms with Crippen molar-refractivity contribution in [2.24, 2.45) is 0 Å². The molecule has 0 saturated heterocycles. The molecule has 1 amide bonds. The first-order valence-electron chi connectivity index (χ1n) is 5.26. The number of nitrogen functional groups attached to an aromatic ring is 1. The fourth-order valence-electron chi connectivity index (χ4n) is 1.47. The standard InChI is InChI=1S/C11H14Cl2N2O3/c12-8-5-7(6-9(14)10(8)13)11(18)15(1-3-16)2-4-17/h5-6,16-17H,1-4,14H2. The average molecular weight is 293 g/mol. The molecule has 0 saturated carbocycles. The second-order valence-electron chi connectivity index (χ2n) is 3.60. The Morgan fingerprint density at radius 2 is 1.78 bits per heavy atom. The summed E-state index contributed by atoms with van der Waals surface area (Å²) in [7, 11) is 0. The van der Waals surface area contributed by atoms with Gasteiger partial charge >= 0.3 is 0 Å². The van der Waals surface area contributed by atoms with E-state index in [4.69, 9.17) is 39.1 Å². The number of carbonyl (C=O) groups excluding carboxylic acids is 1. The molecule has 1 aromatic rings. The highest BCUT2D eigenvalue weighted by atomic mass is 35.5. The number of nitrogens with zero attached hydrogens (tertiary/aromatic N) is 1. The van der Waals surface area contributed by atoms with Gasteiger partial charge in [0.25, 0.3) is 5.91 Å². The van der Waals surface area contributed by atoms with Crippen molar-refractivity contribution >= 4 is 34.8 Å². The largest absolute Gasteiger partial charge is 0.397 e. The van der Waals surface area contributed by atoms with Gasteiger partial charge in [0.2, 0.25) is 0 Å². The number of benzene rings is 1. The summed E-state index contributed by atoms with van der Waals surface area (Å²) >= 11 is 11.6. The lowest BCUT2D eigenvalue weighted by molar-refractivity contribution is 0.0685. The van der Waals surface area contributed by atoms with Crippen LogP contribution in [-0.2, 0) is 0 Å². The van der Waals surface area contributed by atoms with Crippen molar-refractivity contribution < 1.29 is 15.0 Å².